The summed E-state index contributed by atoms with van der Waals surface area (Å²) in [6.07, 6.45) is -1.56. The van der Waals surface area contributed by atoms with E-state index in [-0.39, 0.29) is 5.43 Å². The molecule has 24 heavy (non-hydrogen) atoms. The van der Waals surface area contributed by atoms with Gasteiger partial charge in [0.25, 0.3) is 0 Å². The second kappa shape index (κ2) is 4.50. The zero-order chi connectivity index (χ0) is 16.4. The van der Waals surface area contributed by atoms with Gasteiger partial charge in [-0.2, -0.15) is 0 Å². The third kappa shape index (κ3) is 1.55. The van der Waals surface area contributed by atoms with E-state index in [9.17, 15) is 9.59 Å². The molecule has 1 aromatic heterocycles. The van der Waals surface area contributed by atoms with Crippen LogP contribution in [0, 0.1) is 0 Å². The molecule has 2 aromatic carbocycles. The van der Waals surface area contributed by atoms with E-state index in [1.807, 2.05) is 28.8 Å². The first-order valence-electron chi connectivity index (χ1n) is 7.68. The summed E-state index contributed by atoms with van der Waals surface area (Å²) >= 11 is 0. The molecule has 3 aromatic rings. The van der Waals surface area contributed by atoms with Gasteiger partial charge < -0.3 is 18.8 Å². The van der Waals surface area contributed by atoms with Crippen molar-refractivity contribution in [2.75, 3.05) is 7.11 Å². The zero-order valence-electron chi connectivity index (χ0n) is 12.8. The number of hydrogen-bond donors (Lipinski definition) is 0. The minimum atomic E-state index is -0.672. The van der Waals surface area contributed by atoms with E-state index in [4.69, 9.17) is 14.2 Å². The monoisotopic (exact) mass is 323 g/mol. The predicted molar refractivity (Wildman–Crippen MR) is 86.4 cm³/mol. The average molecular weight is 323 g/mol. The summed E-state index contributed by atoms with van der Waals surface area (Å²) < 4.78 is 18.1. The first-order chi connectivity index (χ1) is 11.7. The minimum Gasteiger partial charge on any atom is -0.496 e. The molecule has 0 radical (unpaired) electrons. The minimum absolute atomic E-state index is 0.0840. The summed E-state index contributed by atoms with van der Waals surface area (Å²) in [7, 11) is 1.54. The molecule has 0 bridgehead atoms. The van der Waals surface area contributed by atoms with Crippen molar-refractivity contribution in [3.8, 4) is 5.75 Å². The fourth-order valence-electron chi connectivity index (χ4n) is 3.81. The van der Waals surface area contributed by atoms with Crippen molar-refractivity contribution in [3.63, 3.8) is 0 Å². The van der Waals surface area contributed by atoms with Gasteiger partial charge in [0.05, 0.1) is 30.1 Å². The Balaban J connectivity index is 2.00. The lowest BCUT2D eigenvalue weighted by Crippen LogP contribution is -2.29. The Morgan fingerprint density at radius 1 is 1.12 bits per heavy atom. The third-order valence-corrected chi connectivity index (χ3v) is 4.80. The van der Waals surface area contributed by atoms with Gasteiger partial charge in [0.15, 0.2) is 12.2 Å². The van der Waals surface area contributed by atoms with E-state index in [1.54, 1.807) is 19.2 Å². The number of rotatable bonds is 1. The summed E-state index contributed by atoms with van der Waals surface area (Å²) in [4.78, 5) is 24.6. The fraction of sp³-hybridized carbons (Fsp3) is 0.222. The largest absolute Gasteiger partial charge is 0.509 e. The third-order valence-electron chi connectivity index (χ3n) is 4.80. The number of benzene rings is 2. The van der Waals surface area contributed by atoms with Crippen LogP contribution in [0.1, 0.15) is 11.7 Å². The number of para-hydroxylation sites is 1. The Bertz CT molecular complexity index is 1080. The van der Waals surface area contributed by atoms with Crippen LogP contribution in [0.5, 0.6) is 5.75 Å². The maximum Gasteiger partial charge on any atom is 0.509 e. The molecule has 6 heteroatoms. The highest BCUT2D eigenvalue weighted by Gasteiger charge is 2.43. The number of methoxy groups -OCH3 is 1. The van der Waals surface area contributed by atoms with Crippen LogP contribution < -0.4 is 10.2 Å². The van der Waals surface area contributed by atoms with Crippen LogP contribution in [0.3, 0.4) is 0 Å². The summed E-state index contributed by atoms with van der Waals surface area (Å²) in [5, 5.41) is 1.12. The summed E-state index contributed by atoms with van der Waals surface area (Å²) in [6, 6.07) is 11.0. The van der Waals surface area contributed by atoms with Gasteiger partial charge in [-0.15, -0.1) is 0 Å². The van der Waals surface area contributed by atoms with Crippen molar-refractivity contribution in [1.82, 2.24) is 4.57 Å². The van der Waals surface area contributed by atoms with Crippen LogP contribution in [-0.4, -0.2) is 23.9 Å². The molecule has 0 amide bonds. The number of pyridine rings is 1. The molecule has 6 nitrogen and oxygen atoms in total. The SMILES string of the molecule is COc1ccc2c3c1c(=O)c1ccccc1n3CC1OC(=O)OC21. The smallest absolute Gasteiger partial charge is 0.496 e. The molecule has 3 heterocycles. The fourth-order valence-corrected chi connectivity index (χ4v) is 3.81. The van der Waals surface area contributed by atoms with Crippen LogP contribution in [0.25, 0.3) is 21.8 Å². The van der Waals surface area contributed by atoms with E-state index >= 15 is 0 Å². The Morgan fingerprint density at radius 3 is 2.79 bits per heavy atom. The van der Waals surface area contributed by atoms with Crippen molar-refractivity contribution in [2.45, 2.75) is 18.8 Å². The van der Waals surface area contributed by atoms with Crippen molar-refractivity contribution in [3.05, 3.63) is 52.2 Å². The van der Waals surface area contributed by atoms with Crippen LogP contribution in [-0.2, 0) is 16.0 Å². The van der Waals surface area contributed by atoms with Crippen LogP contribution in [0.4, 0.5) is 4.79 Å². The lowest BCUT2D eigenvalue weighted by atomic mass is 9.94. The molecule has 5 rings (SSSR count). The standard InChI is InChI=1S/C18H13NO5/c1-22-12-7-6-10-15-14(12)16(20)9-4-2-3-5-11(9)19(15)8-13-17(10)24-18(21)23-13/h2-7,13,17H,8H2,1H3. The van der Waals surface area contributed by atoms with Crippen LogP contribution >= 0.6 is 0 Å². The maximum atomic E-state index is 13.0. The molecule has 2 atom stereocenters. The van der Waals surface area contributed by atoms with Gasteiger partial charge >= 0.3 is 6.16 Å². The van der Waals surface area contributed by atoms with Crippen LogP contribution in [0.15, 0.2) is 41.2 Å². The van der Waals surface area contributed by atoms with Gasteiger partial charge in [-0.05, 0) is 24.3 Å². The highest BCUT2D eigenvalue weighted by atomic mass is 16.8. The number of fused-ring (bicyclic) bond motifs is 4. The molecule has 120 valence electrons. The molecule has 1 fully saturated rings. The van der Waals surface area contributed by atoms with Crippen molar-refractivity contribution < 1.29 is 19.0 Å². The predicted octanol–water partition coefficient (Wildman–Crippen LogP) is 2.75. The van der Waals surface area contributed by atoms with Crippen molar-refractivity contribution in [1.29, 1.82) is 0 Å². The zero-order valence-corrected chi connectivity index (χ0v) is 12.8. The van der Waals surface area contributed by atoms with Gasteiger partial charge in [0, 0.05) is 10.9 Å². The van der Waals surface area contributed by atoms with E-state index in [0.717, 1.165) is 16.6 Å². The molecule has 0 aliphatic carbocycles. The Kier molecular flexibility index (Phi) is 2.52. The highest BCUT2D eigenvalue weighted by Crippen LogP contribution is 2.42. The summed E-state index contributed by atoms with van der Waals surface area (Å²) in [5.74, 6) is 0.516. The van der Waals surface area contributed by atoms with Gasteiger partial charge in [0.1, 0.15) is 5.75 Å². The molecule has 0 N–H and O–H groups in total. The summed E-state index contributed by atoms with van der Waals surface area (Å²) in [5.41, 5.74) is 2.25. The van der Waals surface area contributed by atoms with E-state index in [1.165, 1.54) is 0 Å². The van der Waals surface area contributed by atoms with Gasteiger partial charge in [-0.1, -0.05) is 12.1 Å². The summed E-state index contributed by atoms with van der Waals surface area (Å²) in [6.45, 7) is 0.438. The van der Waals surface area contributed by atoms with Gasteiger partial charge in [-0.3, -0.25) is 4.79 Å². The number of carbonyl (C=O) groups excluding carboxylic acids is 1. The van der Waals surface area contributed by atoms with E-state index in [0.29, 0.717) is 23.1 Å². The van der Waals surface area contributed by atoms with Gasteiger partial charge in [-0.25, -0.2) is 4.79 Å². The van der Waals surface area contributed by atoms with Crippen molar-refractivity contribution >= 4 is 28.0 Å². The lowest BCUT2D eigenvalue weighted by Gasteiger charge is -2.28. The molecule has 1 saturated heterocycles. The van der Waals surface area contributed by atoms with Crippen LogP contribution in [0.2, 0.25) is 0 Å². The molecular formula is C18H13NO5. The quantitative estimate of drug-likeness (QED) is 0.509. The molecule has 2 aliphatic rings. The van der Waals surface area contributed by atoms with Gasteiger partial charge in [0.2, 0.25) is 5.43 Å². The second-order valence-corrected chi connectivity index (χ2v) is 5.98. The molecule has 2 unspecified atom stereocenters. The molecule has 0 spiro atoms. The second-order valence-electron chi connectivity index (χ2n) is 5.98. The number of carbonyl (C=O) groups is 1. The molecule has 2 aliphatic heterocycles. The number of hydrogen-bond acceptors (Lipinski definition) is 5. The van der Waals surface area contributed by atoms with E-state index < -0.39 is 18.4 Å². The number of aromatic nitrogens is 1. The highest BCUT2D eigenvalue weighted by molar-refractivity contribution is 5.99. The molecular weight excluding hydrogens is 310 g/mol. The number of ether oxygens (including phenoxy) is 3. The Labute approximate surface area is 136 Å². The Morgan fingerprint density at radius 2 is 1.96 bits per heavy atom. The lowest BCUT2D eigenvalue weighted by molar-refractivity contribution is 0.114. The maximum absolute atomic E-state index is 13.0. The van der Waals surface area contributed by atoms with E-state index in [2.05, 4.69) is 0 Å². The first kappa shape index (κ1) is 13.4. The molecule has 0 saturated carbocycles. The number of nitrogens with zero attached hydrogens (tertiary/aromatic N) is 1. The topological polar surface area (TPSA) is 66.8 Å². The average Bonchev–Trinajstić information content (AvgIpc) is 2.99. The first-order valence-corrected chi connectivity index (χ1v) is 7.68. The normalized spacial score (nSPS) is 21.5. The van der Waals surface area contributed by atoms with Crippen molar-refractivity contribution in [2.24, 2.45) is 0 Å². The Hall–Kier alpha value is -3.02.